The van der Waals surface area contributed by atoms with Gasteiger partial charge in [-0.2, -0.15) is 0 Å². The van der Waals surface area contributed by atoms with Crippen molar-refractivity contribution in [2.75, 3.05) is 5.32 Å². The lowest BCUT2D eigenvalue weighted by Gasteiger charge is -2.19. The van der Waals surface area contributed by atoms with Gasteiger partial charge >= 0.3 is 7.12 Å². The minimum Gasteiger partial charge on any atom is -0.423 e. The van der Waals surface area contributed by atoms with E-state index in [4.69, 9.17) is 15.7 Å². The molecule has 4 aromatic rings. The van der Waals surface area contributed by atoms with E-state index < -0.39 is 13.0 Å². The first-order chi connectivity index (χ1) is 16.0. The van der Waals surface area contributed by atoms with Gasteiger partial charge in [0, 0.05) is 24.0 Å². The van der Waals surface area contributed by atoms with Crippen molar-refractivity contribution in [3.63, 3.8) is 0 Å². The smallest absolute Gasteiger partial charge is 0.423 e. The normalized spacial score (nSPS) is 13.0. The summed E-state index contributed by atoms with van der Waals surface area (Å²) in [6.45, 7) is 0.454. The molecule has 0 aliphatic heterocycles. The highest BCUT2D eigenvalue weighted by Crippen LogP contribution is 2.28. The van der Waals surface area contributed by atoms with Gasteiger partial charge in [0.2, 0.25) is 5.82 Å². The second-order valence-corrected chi connectivity index (χ2v) is 8.00. The van der Waals surface area contributed by atoms with Crippen LogP contribution < -0.4 is 16.5 Å². The van der Waals surface area contributed by atoms with Crippen LogP contribution in [0, 0.1) is 0 Å². The number of benzene rings is 1. The Morgan fingerprint density at radius 2 is 1.97 bits per heavy atom. The van der Waals surface area contributed by atoms with E-state index in [1.807, 2.05) is 6.07 Å². The maximum absolute atomic E-state index is 11.8. The van der Waals surface area contributed by atoms with Gasteiger partial charge < -0.3 is 21.1 Å². The fourth-order valence-corrected chi connectivity index (χ4v) is 4.15. The highest BCUT2D eigenvalue weighted by atomic mass is 16.4. The number of hydrogen-bond acceptors (Lipinski definition) is 8. The largest absolute Gasteiger partial charge is 0.488 e. The molecule has 166 valence electrons. The van der Waals surface area contributed by atoms with Crippen molar-refractivity contribution in [3.8, 4) is 11.6 Å². The first kappa shape index (κ1) is 21.0. The van der Waals surface area contributed by atoms with Gasteiger partial charge in [-0.25, -0.2) is 9.97 Å². The first-order valence-electron chi connectivity index (χ1n) is 10.7. The molecule has 0 unspecified atom stereocenters. The number of amides is 1. The van der Waals surface area contributed by atoms with E-state index in [1.54, 1.807) is 40.9 Å². The Kier molecular flexibility index (Phi) is 5.49. The second kappa shape index (κ2) is 8.60. The highest BCUT2D eigenvalue weighted by Gasteiger charge is 2.22. The average molecular weight is 443 g/mol. The van der Waals surface area contributed by atoms with Gasteiger partial charge in [0.1, 0.15) is 5.82 Å². The Labute approximate surface area is 189 Å². The minimum absolute atomic E-state index is 0.276. The van der Waals surface area contributed by atoms with Crippen LogP contribution in [0.15, 0.2) is 42.6 Å². The zero-order valence-corrected chi connectivity index (χ0v) is 17.8. The summed E-state index contributed by atoms with van der Waals surface area (Å²) < 4.78 is 1.67. The maximum Gasteiger partial charge on any atom is 0.488 e. The Morgan fingerprint density at radius 3 is 2.79 bits per heavy atom. The van der Waals surface area contributed by atoms with Gasteiger partial charge in [-0.15, -0.1) is 10.2 Å². The molecular formula is C22H22BN7O3. The Bertz CT molecular complexity index is 1360. The SMILES string of the molecule is NC(=O)c1cccn2c(-c3nc4c(c(NCc5cccc(B(O)O)c5)n3)CCCC4)nnc12. The third kappa shape index (κ3) is 4.03. The molecule has 10 nitrogen and oxygen atoms in total. The molecule has 0 atom stereocenters. The van der Waals surface area contributed by atoms with E-state index in [0.29, 0.717) is 35.1 Å². The number of carbonyl (C=O) groups is 1. The van der Waals surface area contributed by atoms with Gasteiger partial charge in [-0.3, -0.25) is 9.20 Å². The number of nitrogens with two attached hydrogens (primary N) is 1. The van der Waals surface area contributed by atoms with Crippen molar-refractivity contribution in [1.29, 1.82) is 0 Å². The molecule has 3 aromatic heterocycles. The van der Waals surface area contributed by atoms with E-state index in [1.165, 1.54) is 0 Å². The molecule has 0 spiro atoms. The zero-order chi connectivity index (χ0) is 22.9. The van der Waals surface area contributed by atoms with Crippen LogP contribution in [-0.4, -0.2) is 47.6 Å². The summed E-state index contributed by atoms with van der Waals surface area (Å²) >= 11 is 0. The molecule has 1 aromatic carbocycles. The predicted octanol–water partition coefficient (Wildman–Crippen LogP) is 0.456. The lowest BCUT2D eigenvalue weighted by Crippen LogP contribution is -2.30. The summed E-state index contributed by atoms with van der Waals surface area (Å²) in [5.74, 6) is 0.970. The van der Waals surface area contributed by atoms with Crippen LogP contribution in [-0.2, 0) is 19.4 Å². The van der Waals surface area contributed by atoms with E-state index in [-0.39, 0.29) is 5.56 Å². The third-order valence-electron chi connectivity index (χ3n) is 5.79. The van der Waals surface area contributed by atoms with Crippen LogP contribution in [0.1, 0.15) is 40.0 Å². The number of hydrogen-bond donors (Lipinski definition) is 4. The third-order valence-corrected chi connectivity index (χ3v) is 5.79. The number of aromatic nitrogens is 5. The summed E-state index contributed by atoms with van der Waals surface area (Å²) in [5, 5.41) is 30.7. The summed E-state index contributed by atoms with van der Waals surface area (Å²) in [6.07, 6.45) is 5.57. The van der Waals surface area contributed by atoms with Gasteiger partial charge in [-0.1, -0.05) is 24.3 Å². The molecule has 0 fully saturated rings. The Morgan fingerprint density at radius 1 is 1.12 bits per heavy atom. The van der Waals surface area contributed by atoms with Crippen molar-refractivity contribution >= 4 is 30.0 Å². The predicted molar refractivity (Wildman–Crippen MR) is 123 cm³/mol. The van der Waals surface area contributed by atoms with Crippen molar-refractivity contribution in [2.24, 2.45) is 5.73 Å². The van der Waals surface area contributed by atoms with Crippen LogP contribution >= 0.6 is 0 Å². The van der Waals surface area contributed by atoms with E-state index in [0.717, 1.165) is 42.5 Å². The number of anilines is 1. The van der Waals surface area contributed by atoms with Crippen molar-refractivity contribution < 1.29 is 14.8 Å². The molecule has 0 saturated carbocycles. The highest BCUT2D eigenvalue weighted by molar-refractivity contribution is 6.58. The van der Waals surface area contributed by atoms with Crippen LogP contribution in [0.3, 0.4) is 0 Å². The average Bonchev–Trinajstić information content (AvgIpc) is 3.26. The van der Waals surface area contributed by atoms with Crippen molar-refractivity contribution in [3.05, 3.63) is 65.0 Å². The summed E-state index contributed by atoms with van der Waals surface area (Å²) in [4.78, 5) is 21.3. The number of nitrogens with zero attached hydrogens (tertiary/aromatic N) is 5. The zero-order valence-electron chi connectivity index (χ0n) is 17.8. The summed E-state index contributed by atoms with van der Waals surface area (Å²) in [6, 6.07) is 10.4. The molecule has 0 radical (unpaired) electrons. The summed E-state index contributed by atoms with van der Waals surface area (Å²) in [5.41, 5.74) is 9.48. The van der Waals surface area contributed by atoms with Crippen molar-refractivity contribution in [1.82, 2.24) is 24.6 Å². The van der Waals surface area contributed by atoms with Crippen molar-refractivity contribution in [2.45, 2.75) is 32.2 Å². The molecule has 0 saturated heterocycles. The minimum atomic E-state index is -1.52. The van der Waals surface area contributed by atoms with Gasteiger partial charge in [0.05, 0.1) is 5.56 Å². The number of rotatable bonds is 6. The quantitative estimate of drug-likeness (QED) is 0.314. The molecule has 1 amide bonds. The molecule has 5 N–H and O–H groups in total. The molecule has 11 heteroatoms. The topological polar surface area (TPSA) is 152 Å². The van der Waals surface area contributed by atoms with Gasteiger partial charge in [-0.05, 0) is 48.8 Å². The number of pyridine rings is 1. The van der Waals surface area contributed by atoms with Crippen LogP contribution in [0.5, 0.6) is 0 Å². The number of primary amides is 1. The lowest BCUT2D eigenvalue weighted by atomic mass is 9.79. The number of aryl methyl sites for hydroxylation is 1. The molecule has 3 heterocycles. The van der Waals surface area contributed by atoms with Crippen LogP contribution in [0.2, 0.25) is 0 Å². The maximum atomic E-state index is 11.8. The standard InChI is InChI=1S/C22H22BN7O3/c24-18(31)16-8-4-10-30-21(16)28-29-22(30)20-26-17-9-2-1-7-15(17)19(27-20)25-12-13-5-3-6-14(11-13)23(32)33/h3-6,8,10-11,32-33H,1-2,7,9,12H2,(H2,24,31)(H,25,26,27). The van der Waals surface area contributed by atoms with E-state index in [2.05, 4.69) is 15.5 Å². The van der Waals surface area contributed by atoms with Crippen LogP contribution in [0.4, 0.5) is 5.82 Å². The summed E-state index contributed by atoms with van der Waals surface area (Å²) in [7, 11) is -1.52. The Balaban J connectivity index is 1.54. The number of fused-ring (bicyclic) bond motifs is 2. The van der Waals surface area contributed by atoms with Gasteiger partial charge in [0.25, 0.3) is 5.91 Å². The molecular weight excluding hydrogens is 421 g/mol. The lowest BCUT2D eigenvalue weighted by molar-refractivity contribution is 0.100. The van der Waals surface area contributed by atoms with E-state index in [9.17, 15) is 14.8 Å². The molecule has 5 rings (SSSR count). The van der Waals surface area contributed by atoms with E-state index >= 15 is 0 Å². The van der Waals surface area contributed by atoms with Gasteiger partial charge in [0.15, 0.2) is 11.5 Å². The fraction of sp³-hybridized carbons (Fsp3) is 0.227. The molecule has 1 aliphatic rings. The molecule has 1 aliphatic carbocycles. The second-order valence-electron chi connectivity index (χ2n) is 8.00. The Hall–Kier alpha value is -3.83. The first-order valence-corrected chi connectivity index (χ1v) is 10.7. The number of nitrogens with one attached hydrogen (secondary N) is 1. The monoisotopic (exact) mass is 443 g/mol. The number of carbonyl (C=O) groups excluding carboxylic acids is 1. The fourth-order valence-electron chi connectivity index (χ4n) is 4.15. The van der Waals surface area contributed by atoms with Crippen LogP contribution in [0.25, 0.3) is 17.3 Å². The molecule has 0 bridgehead atoms. The molecule has 33 heavy (non-hydrogen) atoms.